The predicted molar refractivity (Wildman–Crippen MR) is 95.9 cm³/mol. The highest BCUT2D eigenvalue weighted by Crippen LogP contribution is 2.25. The molecule has 124 valence electrons. The van der Waals surface area contributed by atoms with Gasteiger partial charge in [-0.25, -0.2) is 4.98 Å². The first-order chi connectivity index (χ1) is 11.8. The quantitative estimate of drug-likeness (QED) is 0.805. The zero-order valence-corrected chi connectivity index (χ0v) is 14.1. The Morgan fingerprint density at radius 2 is 2.00 bits per heavy atom. The fraction of sp³-hybridized carbons (Fsp3) is 0.368. The van der Waals surface area contributed by atoms with E-state index in [0.717, 1.165) is 49.6 Å². The standard InChI is InChI=1S/C19H23N5/c1-15-5-11-24-17(14-23-10-2-6-20-9-12-23)19(22-18(24)13-15)16-3-7-21-8-4-16/h3-5,7-8,11,13,20H,2,6,9-10,12,14H2,1H3. The Bertz CT molecular complexity index is 816. The topological polar surface area (TPSA) is 45.5 Å². The van der Waals surface area contributed by atoms with Crippen molar-refractivity contribution in [2.45, 2.75) is 19.9 Å². The molecule has 0 aliphatic carbocycles. The summed E-state index contributed by atoms with van der Waals surface area (Å²) in [4.78, 5) is 11.6. The Kier molecular flexibility index (Phi) is 4.28. The minimum absolute atomic E-state index is 0.920. The van der Waals surface area contributed by atoms with Gasteiger partial charge < -0.3 is 9.72 Å². The highest BCUT2D eigenvalue weighted by Gasteiger charge is 2.18. The summed E-state index contributed by atoms with van der Waals surface area (Å²) in [6, 6.07) is 8.39. The average Bonchev–Trinajstić information content (AvgIpc) is 2.77. The van der Waals surface area contributed by atoms with Gasteiger partial charge in [-0.15, -0.1) is 0 Å². The number of aryl methyl sites for hydroxylation is 1. The molecular weight excluding hydrogens is 298 g/mol. The highest BCUT2D eigenvalue weighted by atomic mass is 15.2. The van der Waals surface area contributed by atoms with E-state index in [1.165, 1.54) is 17.7 Å². The second kappa shape index (κ2) is 6.71. The van der Waals surface area contributed by atoms with Crippen LogP contribution in [0.5, 0.6) is 0 Å². The molecule has 0 aromatic carbocycles. The first kappa shape index (κ1) is 15.3. The molecule has 1 saturated heterocycles. The molecule has 3 aromatic heterocycles. The van der Waals surface area contributed by atoms with Crippen LogP contribution < -0.4 is 5.32 Å². The summed E-state index contributed by atoms with van der Waals surface area (Å²) in [5.41, 5.74) is 5.72. The molecule has 24 heavy (non-hydrogen) atoms. The molecular formula is C19H23N5. The Morgan fingerprint density at radius 3 is 2.88 bits per heavy atom. The Morgan fingerprint density at radius 1 is 1.12 bits per heavy atom. The molecule has 0 bridgehead atoms. The summed E-state index contributed by atoms with van der Waals surface area (Å²) in [5, 5.41) is 3.48. The average molecular weight is 321 g/mol. The SMILES string of the molecule is Cc1ccn2c(CN3CCCNCC3)c(-c3ccncc3)nc2c1. The van der Waals surface area contributed by atoms with Crippen LogP contribution >= 0.6 is 0 Å². The van der Waals surface area contributed by atoms with Crippen LogP contribution in [0.2, 0.25) is 0 Å². The molecule has 1 aliphatic rings. The molecule has 1 aliphatic heterocycles. The van der Waals surface area contributed by atoms with Crippen LogP contribution in [-0.4, -0.2) is 45.4 Å². The zero-order chi connectivity index (χ0) is 16.4. The normalized spacial score (nSPS) is 16.4. The molecule has 0 atom stereocenters. The number of nitrogens with one attached hydrogen (secondary N) is 1. The minimum Gasteiger partial charge on any atom is -0.315 e. The minimum atomic E-state index is 0.920. The van der Waals surface area contributed by atoms with E-state index in [-0.39, 0.29) is 0 Å². The number of rotatable bonds is 3. The molecule has 5 heteroatoms. The van der Waals surface area contributed by atoms with Crippen LogP contribution in [0, 0.1) is 6.92 Å². The second-order valence-corrected chi connectivity index (χ2v) is 6.45. The number of hydrogen-bond donors (Lipinski definition) is 1. The molecule has 0 unspecified atom stereocenters. The largest absolute Gasteiger partial charge is 0.315 e. The van der Waals surface area contributed by atoms with Crippen LogP contribution in [0.15, 0.2) is 42.9 Å². The Hall–Kier alpha value is -2.24. The van der Waals surface area contributed by atoms with Crippen molar-refractivity contribution in [3.05, 3.63) is 54.1 Å². The van der Waals surface area contributed by atoms with Crippen LogP contribution in [0.3, 0.4) is 0 Å². The summed E-state index contributed by atoms with van der Waals surface area (Å²) in [6.45, 7) is 7.40. The first-order valence-corrected chi connectivity index (χ1v) is 8.62. The van der Waals surface area contributed by atoms with E-state index in [0.29, 0.717) is 0 Å². The van der Waals surface area contributed by atoms with Crippen molar-refractivity contribution in [2.24, 2.45) is 0 Å². The lowest BCUT2D eigenvalue weighted by Crippen LogP contribution is -2.28. The number of fused-ring (bicyclic) bond motifs is 1. The lowest BCUT2D eigenvalue weighted by molar-refractivity contribution is 0.281. The van der Waals surface area contributed by atoms with Gasteiger partial charge in [0.1, 0.15) is 5.65 Å². The van der Waals surface area contributed by atoms with Gasteiger partial charge in [0.15, 0.2) is 0 Å². The van der Waals surface area contributed by atoms with Gasteiger partial charge in [0, 0.05) is 43.8 Å². The molecule has 1 fully saturated rings. The van der Waals surface area contributed by atoms with Crippen molar-refractivity contribution in [1.82, 2.24) is 24.6 Å². The van der Waals surface area contributed by atoms with Crippen LogP contribution in [-0.2, 0) is 6.54 Å². The maximum absolute atomic E-state index is 4.93. The van der Waals surface area contributed by atoms with Gasteiger partial charge >= 0.3 is 0 Å². The summed E-state index contributed by atoms with van der Waals surface area (Å²) in [5.74, 6) is 0. The van der Waals surface area contributed by atoms with Crippen molar-refractivity contribution < 1.29 is 0 Å². The van der Waals surface area contributed by atoms with Crippen molar-refractivity contribution in [1.29, 1.82) is 0 Å². The molecule has 0 amide bonds. The number of hydrogen-bond acceptors (Lipinski definition) is 4. The molecule has 0 spiro atoms. The first-order valence-electron chi connectivity index (χ1n) is 8.62. The predicted octanol–water partition coefficient (Wildman–Crippen LogP) is 2.50. The lowest BCUT2D eigenvalue weighted by atomic mass is 10.1. The van der Waals surface area contributed by atoms with E-state index in [1.54, 1.807) is 0 Å². The van der Waals surface area contributed by atoms with E-state index >= 15 is 0 Å². The third-order valence-corrected chi connectivity index (χ3v) is 4.64. The third kappa shape index (κ3) is 3.05. The Labute approximate surface area is 142 Å². The second-order valence-electron chi connectivity index (χ2n) is 6.45. The van der Waals surface area contributed by atoms with E-state index in [1.807, 2.05) is 24.5 Å². The van der Waals surface area contributed by atoms with Gasteiger partial charge in [-0.3, -0.25) is 9.88 Å². The third-order valence-electron chi connectivity index (χ3n) is 4.64. The summed E-state index contributed by atoms with van der Waals surface area (Å²) < 4.78 is 2.24. The van der Waals surface area contributed by atoms with Gasteiger partial charge in [-0.2, -0.15) is 0 Å². The fourth-order valence-corrected chi connectivity index (χ4v) is 3.36. The van der Waals surface area contributed by atoms with Gasteiger partial charge in [0.25, 0.3) is 0 Å². The number of aromatic nitrogens is 3. The van der Waals surface area contributed by atoms with Crippen LogP contribution in [0.25, 0.3) is 16.9 Å². The Balaban J connectivity index is 1.78. The van der Waals surface area contributed by atoms with E-state index in [9.17, 15) is 0 Å². The summed E-state index contributed by atoms with van der Waals surface area (Å²) >= 11 is 0. The number of imidazole rings is 1. The highest BCUT2D eigenvalue weighted by molar-refractivity contribution is 5.66. The molecule has 4 rings (SSSR count). The van der Waals surface area contributed by atoms with Gasteiger partial charge in [-0.05, 0) is 56.3 Å². The summed E-state index contributed by atoms with van der Waals surface area (Å²) in [6.07, 6.45) is 7.02. The van der Waals surface area contributed by atoms with Gasteiger partial charge in [0.2, 0.25) is 0 Å². The summed E-state index contributed by atoms with van der Waals surface area (Å²) in [7, 11) is 0. The zero-order valence-electron chi connectivity index (χ0n) is 14.1. The monoisotopic (exact) mass is 321 g/mol. The van der Waals surface area contributed by atoms with E-state index < -0.39 is 0 Å². The number of pyridine rings is 2. The molecule has 3 aromatic rings. The molecule has 4 heterocycles. The van der Waals surface area contributed by atoms with Gasteiger partial charge in [-0.1, -0.05) is 0 Å². The van der Waals surface area contributed by atoms with Crippen molar-refractivity contribution >= 4 is 5.65 Å². The molecule has 0 radical (unpaired) electrons. The maximum Gasteiger partial charge on any atom is 0.137 e. The number of nitrogens with zero attached hydrogens (tertiary/aromatic N) is 4. The van der Waals surface area contributed by atoms with Crippen molar-refractivity contribution in [2.75, 3.05) is 26.2 Å². The van der Waals surface area contributed by atoms with Crippen molar-refractivity contribution in [3.63, 3.8) is 0 Å². The van der Waals surface area contributed by atoms with Crippen molar-refractivity contribution in [3.8, 4) is 11.3 Å². The lowest BCUT2D eigenvalue weighted by Gasteiger charge is -2.20. The molecule has 5 nitrogen and oxygen atoms in total. The van der Waals surface area contributed by atoms with E-state index in [4.69, 9.17) is 4.98 Å². The molecule has 1 N–H and O–H groups in total. The maximum atomic E-state index is 4.93. The fourth-order valence-electron chi connectivity index (χ4n) is 3.36. The van der Waals surface area contributed by atoms with E-state index in [2.05, 4.69) is 44.9 Å². The smallest absolute Gasteiger partial charge is 0.137 e. The van der Waals surface area contributed by atoms with Crippen LogP contribution in [0.4, 0.5) is 0 Å². The van der Waals surface area contributed by atoms with Gasteiger partial charge in [0.05, 0.1) is 11.4 Å². The van der Waals surface area contributed by atoms with Crippen LogP contribution in [0.1, 0.15) is 17.7 Å². The molecule has 0 saturated carbocycles.